The minimum Gasteiger partial charge on any atom is -0.479 e. The number of nitrogens with zero attached hydrogens (tertiary/aromatic N) is 6. The Morgan fingerprint density at radius 2 is 1.62 bits per heavy atom. The molecule has 0 unspecified atom stereocenters. The molecule has 4 heterocycles. The summed E-state index contributed by atoms with van der Waals surface area (Å²) in [6.45, 7) is 2.52. The number of benzene rings is 1. The topological polar surface area (TPSA) is 226 Å². The highest BCUT2D eigenvalue weighted by Crippen LogP contribution is 2.40. The molecule has 1 atom stereocenters. The third kappa shape index (κ3) is 11.3. The van der Waals surface area contributed by atoms with Gasteiger partial charge in [-0.25, -0.2) is 28.8 Å². The Morgan fingerprint density at radius 1 is 0.978 bits per heavy atom. The molecule has 0 fully saturated rings. The van der Waals surface area contributed by atoms with E-state index in [-0.39, 0.29) is 5.56 Å². The lowest BCUT2D eigenvalue weighted by Crippen LogP contribution is -2.21. The number of aryl methyl sites for hydroxylation is 2. The second-order valence-corrected chi connectivity index (χ2v) is 11.4. The molecule has 3 aromatic heterocycles. The first-order chi connectivity index (χ1) is 20.8. The summed E-state index contributed by atoms with van der Waals surface area (Å²) in [4.78, 5) is 56.5. The van der Waals surface area contributed by atoms with Crippen molar-refractivity contribution in [2.45, 2.75) is 38.4 Å². The van der Waals surface area contributed by atoms with E-state index >= 15 is 0 Å². The molecule has 0 bridgehead atoms. The molecule has 244 valence electrons. The van der Waals surface area contributed by atoms with Gasteiger partial charge < -0.3 is 38.7 Å². The van der Waals surface area contributed by atoms with Crippen LogP contribution >= 0.6 is 15.6 Å². The van der Waals surface area contributed by atoms with E-state index in [4.69, 9.17) is 43.2 Å². The number of alkyl halides is 3. The lowest BCUT2D eigenvalue weighted by Gasteiger charge is -2.25. The largest absolute Gasteiger partial charge is 0.479 e. The Bertz CT molecular complexity index is 1700. The van der Waals surface area contributed by atoms with Crippen LogP contribution in [0.15, 0.2) is 48.9 Å². The molecule has 1 aliphatic rings. The van der Waals surface area contributed by atoms with Gasteiger partial charge in [-0.1, -0.05) is 18.2 Å². The first kappa shape index (κ1) is 35.7. The zero-order chi connectivity index (χ0) is 33.6. The predicted molar refractivity (Wildman–Crippen MR) is 153 cm³/mol. The summed E-state index contributed by atoms with van der Waals surface area (Å²) in [5, 5.41) is 4.51. The van der Waals surface area contributed by atoms with Gasteiger partial charge >= 0.3 is 21.8 Å². The number of rotatable bonds is 5. The lowest BCUT2D eigenvalue weighted by molar-refractivity contribution is -0.138. The summed E-state index contributed by atoms with van der Waals surface area (Å²) in [5.41, 5.74) is 1.88. The molecule has 15 nitrogen and oxygen atoms in total. The Balaban J connectivity index is 0.000000482. The van der Waals surface area contributed by atoms with Crippen molar-refractivity contribution >= 4 is 27.8 Å². The van der Waals surface area contributed by atoms with Crippen LogP contribution < -0.4 is 4.74 Å². The average Bonchev–Trinajstić information content (AvgIpc) is 3.55. The highest BCUT2D eigenvalue weighted by molar-refractivity contribution is 7.45. The number of pyridine rings is 1. The fraction of sp³-hybridized carbons (Fsp3) is 0.280. The number of imidazole rings is 1. The molecule has 0 spiro atoms. The second-order valence-electron chi connectivity index (χ2n) is 9.38. The smallest absolute Gasteiger partial charge is 0.466 e. The van der Waals surface area contributed by atoms with E-state index in [2.05, 4.69) is 20.1 Å². The van der Waals surface area contributed by atoms with Crippen molar-refractivity contribution in [1.29, 1.82) is 0 Å². The maximum atomic E-state index is 13.6. The lowest BCUT2D eigenvalue weighted by atomic mass is 9.88. The summed E-state index contributed by atoms with van der Waals surface area (Å²) in [5.74, 6) is 0.938. The van der Waals surface area contributed by atoms with Crippen molar-refractivity contribution < 1.29 is 56.4 Å². The van der Waals surface area contributed by atoms with Crippen molar-refractivity contribution in [2.75, 3.05) is 7.11 Å². The first-order valence-electron chi connectivity index (χ1n) is 12.7. The van der Waals surface area contributed by atoms with Crippen molar-refractivity contribution in [2.24, 2.45) is 0 Å². The van der Waals surface area contributed by atoms with E-state index in [9.17, 15) is 13.2 Å². The Morgan fingerprint density at radius 3 is 2.20 bits per heavy atom. The van der Waals surface area contributed by atoms with Gasteiger partial charge in [0.25, 0.3) is 0 Å². The van der Waals surface area contributed by atoms with Gasteiger partial charge in [0, 0.05) is 18.7 Å². The highest BCUT2D eigenvalue weighted by atomic mass is 31.2. The normalized spacial score (nSPS) is 15.0. The maximum Gasteiger partial charge on any atom is 0.466 e. The number of hydrogen-bond acceptors (Lipinski definition) is 7. The molecule has 6 N–H and O–H groups in total. The van der Waals surface area contributed by atoms with Crippen LogP contribution in [0.5, 0.6) is 5.88 Å². The van der Waals surface area contributed by atoms with E-state index in [0.717, 1.165) is 23.9 Å². The number of phosphoric acid groups is 2. The van der Waals surface area contributed by atoms with E-state index < -0.39 is 33.3 Å². The number of hydrogen-bond donors (Lipinski definition) is 6. The molecule has 0 saturated heterocycles. The SMILES string of the molecule is COc1nc(C=Cc2nc3n(n2)CCC[C@H]3c2ccccc2C(F)(F)F)ccc1-n1cnc(C)c1.O=P(O)(O)O.O=P(O)(O)O. The molecule has 45 heavy (non-hydrogen) atoms. The first-order valence-corrected chi connectivity index (χ1v) is 15.9. The van der Waals surface area contributed by atoms with E-state index in [1.807, 2.05) is 29.8 Å². The molecule has 20 heteroatoms. The summed E-state index contributed by atoms with van der Waals surface area (Å²) >= 11 is 0. The Kier molecular flexibility index (Phi) is 11.6. The number of halogens is 3. The van der Waals surface area contributed by atoms with Crippen LogP contribution in [0.1, 0.15) is 52.9 Å². The van der Waals surface area contributed by atoms with Gasteiger partial charge in [0.1, 0.15) is 11.5 Å². The van der Waals surface area contributed by atoms with Crippen molar-refractivity contribution in [3.63, 3.8) is 0 Å². The van der Waals surface area contributed by atoms with E-state index in [0.29, 0.717) is 36.2 Å². The fourth-order valence-corrected chi connectivity index (χ4v) is 4.39. The van der Waals surface area contributed by atoms with Crippen molar-refractivity contribution in [3.8, 4) is 11.6 Å². The third-order valence-corrected chi connectivity index (χ3v) is 5.98. The van der Waals surface area contributed by atoms with Gasteiger partial charge in [-0.15, -0.1) is 0 Å². The average molecular weight is 676 g/mol. The minimum absolute atomic E-state index is 0.237. The van der Waals surface area contributed by atoms with Gasteiger partial charge in [-0.05, 0) is 55.7 Å². The Labute approximate surface area is 253 Å². The van der Waals surface area contributed by atoms with Crippen molar-refractivity contribution in [3.05, 3.63) is 83.1 Å². The standard InChI is InChI=1S/C25H23F3N6O.2H3O4P/c1-16-14-33(15-29-16)21-11-9-17(30-24(21)35-2)10-12-22-31-23-19(7-5-13-34(23)32-22)18-6-3-4-8-20(18)25(26,27)28;2*1-5(2,3)4/h3-4,6,8-12,14-15,19H,5,7,13H2,1-2H3;2*(H3,1,2,3,4)/t19-;;/m0../s1. The molecule has 4 aromatic rings. The van der Waals surface area contributed by atoms with Crippen molar-refractivity contribution in [1.82, 2.24) is 29.3 Å². The van der Waals surface area contributed by atoms with Crippen LogP contribution in [0.4, 0.5) is 13.2 Å². The van der Waals surface area contributed by atoms with E-state index in [1.54, 1.807) is 36.3 Å². The highest BCUT2D eigenvalue weighted by Gasteiger charge is 2.37. The zero-order valence-corrected chi connectivity index (χ0v) is 25.4. The van der Waals surface area contributed by atoms with Crippen LogP contribution in [-0.2, 0) is 21.9 Å². The van der Waals surface area contributed by atoms with Crippen LogP contribution in [0, 0.1) is 6.92 Å². The maximum absolute atomic E-state index is 13.6. The summed E-state index contributed by atoms with van der Waals surface area (Å²) < 4.78 is 67.6. The summed E-state index contributed by atoms with van der Waals surface area (Å²) in [6.07, 6.45) is 3.92. The molecule has 5 rings (SSSR count). The van der Waals surface area contributed by atoms with Gasteiger partial charge in [0.2, 0.25) is 5.88 Å². The van der Waals surface area contributed by atoms with Gasteiger partial charge in [0.15, 0.2) is 5.82 Å². The van der Waals surface area contributed by atoms with Crippen LogP contribution in [0.2, 0.25) is 0 Å². The summed E-state index contributed by atoms with van der Waals surface area (Å²) in [6, 6.07) is 9.42. The van der Waals surface area contributed by atoms with Crippen LogP contribution in [0.25, 0.3) is 17.8 Å². The number of fused-ring (bicyclic) bond motifs is 1. The Hall–Kier alpha value is -3.73. The van der Waals surface area contributed by atoms with Gasteiger partial charge in [-0.3, -0.25) is 0 Å². The second kappa shape index (κ2) is 14.6. The third-order valence-electron chi connectivity index (χ3n) is 5.98. The molecule has 0 amide bonds. The predicted octanol–water partition coefficient (Wildman–Crippen LogP) is 3.43. The monoisotopic (exact) mass is 676 g/mol. The number of methoxy groups -OCH3 is 1. The molecule has 0 saturated carbocycles. The van der Waals surface area contributed by atoms with Gasteiger partial charge in [0.05, 0.1) is 30.4 Å². The summed E-state index contributed by atoms with van der Waals surface area (Å²) in [7, 11) is -7.73. The molecule has 1 aromatic carbocycles. The van der Waals surface area contributed by atoms with E-state index in [1.165, 1.54) is 12.1 Å². The van der Waals surface area contributed by atoms with Crippen LogP contribution in [-0.4, -0.2) is 65.8 Å². The molecular weight excluding hydrogens is 647 g/mol. The molecule has 0 radical (unpaired) electrons. The number of ether oxygens (including phenoxy) is 1. The molecular formula is C25H29F3N6O9P2. The zero-order valence-electron chi connectivity index (χ0n) is 23.6. The minimum atomic E-state index is -4.64. The molecule has 0 aliphatic carbocycles. The van der Waals surface area contributed by atoms with Crippen LogP contribution in [0.3, 0.4) is 0 Å². The molecule has 1 aliphatic heterocycles. The quantitative estimate of drug-likeness (QED) is 0.167. The number of aromatic nitrogens is 6. The van der Waals surface area contributed by atoms with Gasteiger partial charge in [-0.2, -0.15) is 18.3 Å². The fourth-order valence-electron chi connectivity index (χ4n) is 4.39.